The maximum absolute atomic E-state index is 11.9. The predicted molar refractivity (Wildman–Crippen MR) is 83.8 cm³/mol. The van der Waals surface area contributed by atoms with Crippen LogP contribution < -0.4 is 15.5 Å². The molecule has 1 aliphatic rings. The quantitative estimate of drug-likeness (QED) is 0.879. The number of thiazole rings is 1. The smallest absolute Gasteiger partial charge is 0.307 e. The van der Waals surface area contributed by atoms with E-state index >= 15 is 0 Å². The maximum atomic E-state index is 11.9. The summed E-state index contributed by atoms with van der Waals surface area (Å²) in [5.41, 5.74) is 0.926. The van der Waals surface area contributed by atoms with Gasteiger partial charge in [0.15, 0.2) is 0 Å². The van der Waals surface area contributed by atoms with Gasteiger partial charge in [0.2, 0.25) is 5.91 Å². The van der Waals surface area contributed by atoms with E-state index in [4.69, 9.17) is 0 Å². The second kappa shape index (κ2) is 7.81. The lowest BCUT2D eigenvalue weighted by atomic mass is 10.00. The standard InChI is InChI=1S/C13H21N3O2S.ClH/c1-9-8-19-13(18)16(9)7-5-12(17)15-11-4-3-6-14-10(11)2;/h8,10-11,14H,3-7H2,1-2H3,(H,15,17);1H. The number of piperidine rings is 1. The average molecular weight is 320 g/mol. The van der Waals surface area contributed by atoms with Crippen molar-refractivity contribution >= 4 is 29.7 Å². The van der Waals surface area contributed by atoms with Crippen LogP contribution in [0.15, 0.2) is 10.2 Å². The summed E-state index contributed by atoms with van der Waals surface area (Å²) in [6.07, 6.45) is 2.48. The lowest BCUT2D eigenvalue weighted by Crippen LogP contribution is -2.52. The molecule has 1 amide bonds. The number of amides is 1. The fourth-order valence-corrected chi connectivity index (χ4v) is 3.17. The Bertz CT molecular complexity index is 500. The number of carbonyl (C=O) groups excluding carboxylic acids is 1. The number of hydrogen-bond acceptors (Lipinski definition) is 4. The van der Waals surface area contributed by atoms with Crippen LogP contribution in [0.5, 0.6) is 0 Å². The molecule has 0 radical (unpaired) electrons. The molecule has 20 heavy (non-hydrogen) atoms. The zero-order valence-electron chi connectivity index (χ0n) is 11.8. The predicted octanol–water partition coefficient (Wildman–Crippen LogP) is 1.29. The number of halogens is 1. The van der Waals surface area contributed by atoms with Crippen molar-refractivity contribution in [2.45, 2.75) is 51.7 Å². The van der Waals surface area contributed by atoms with Crippen LogP contribution in [0.1, 0.15) is 31.9 Å². The van der Waals surface area contributed by atoms with Crippen molar-refractivity contribution in [3.8, 4) is 0 Å². The summed E-state index contributed by atoms with van der Waals surface area (Å²) < 4.78 is 1.66. The highest BCUT2D eigenvalue weighted by molar-refractivity contribution is 7.07. The fourth-order valence-electron chi connectivity index (χ4n) is 2.41. The number of nitrogens with zero attached hydrogens (tertiary/aromatic N) is 1. The maximum Gasteiger partial charge on any atom is 0.307 e. The molecule has 1 saturated heterocycles. The lowest BCUT2D eigenvalue weighted by Gasteiger charge is -2.30. The monoisotopic (exact) mass is 319 g/mol. The molecule has 0 spiro atoms. The molecule has 2 rings (SSSR count). The first-order chi connectivity index (χ1) is 9.08. The van der Waals surface area contributed by atoms with Crippen LogP contribution in [0.3, 0.4) is 0 Å². The topological polar surface area (TPSA) is 63.1 Å². The highest BCUT2D eigenvalue weighted by Gasteiger charge is 2.22. The molecule has 1 fully saturated rings. The SMILES string of the molecule is Cc1csc(=O)n1CCC(=O)NC1CCCNC1C.Cl. The first kappa shape index (κ1) is 17.2. The Morgan fingerprint density at radius 2 is 2.35 bits per heavy atom. The molecule has 1 aromatic rings. The van der Waals surface area contributed by atoms with E-state index in [9.17, 15) is 9.59 Å². The first-order valence-corrected chi connectivity index (χ1v) is 7.63. The molecule has 0 bridgehead atoms. The van der Waals surface area contributed by atoms with Crippen molar-refractivity contribution in [2.24, 2.45) is 0 Å². The second-order valence-electron chi connectivity index (χ2n) is 5.10. The molecular formula is C13H22ClN3O2S. The van der Waals surface area contributed by atoms with Crippen molar-refractivity contribution in [3.05, 3.63) is 20.7 Å². The van der Waals surface area contributed by atoms with Gasteiger partial charge in [0.25, 0.3) is 0 Å². The zero-order chi connectivity index (χ0) is 13.8. The van der Waals surface area contributed by atoms with Gasteiger partial charge >= 0.3 is 4.87 Å². The highest BCUT2D eigenvalue weighted by atomic mass is 35.5. The van der Waals surface area contributed by atoms with E-state index < -0.39 is 0 Å². The van der Waals surface area contributed by atoms with E-state index in [-0.39, 0.29) is 29.2 Å². The lowest BCUT2D eigenvalue weighted by molar-refractivity contribution is -0.122. The molecule has 2 unspecified atom stereocenters. The number of hydrogen-bond donors (Lipinski definition) is 2. The molecule has 2 heterocycles. The molecular weight excluding hydrogens is 298 g/mol. The van der Waals surface area contributed by atoms with Crippen molar-refractivity contribution in [3.63, 3.8) is 0 Å². The van der Waals surface area contributed by atoms with E-state index in [2.05, 4.69) is 17.6 Å². The number of aryl methyl sites for hydroxylation is 1. The molecule has 5 nitrogen and oxygen atoms in total. The van der Waals surface area contributed by atoms with Gasteiger partial charge in [-0.3, -0.25) is 9.59 Å². The van der Waals surface area contributed by atoms with E-state index in [0.717, 1.165) is 25.1 Å². The van der Waals surface area contributed by atoms with Crippen LogP contribution in [0.2, 0.25) is 0 Å². The number of aromatic nitrogens is 1. The van der Waals surface area contributed by atoms with Gasteiger partial charge in [-0.05, 0) is 33.2 Å². The molecule has 2 N–H and O–H groups in total. The normalized spacial score (nSPS) is 22.1. The summed E-state index contributed by atoms with van der Waals surface area (Å²) in [6, 6.07) is 0.532. The van der Waals surface area contributed by atoms with Gasteiger partial charge < -0.3 is 15.2 Å². The summed E-state index contributed by atoms with van der Waals surface area (Å²) >= 11 is 1.18. The van der Waals surface area contributed by atoms with Gasteiger partial charge in [0, 0.05) is 36.1 Å². The van der Waals surface area contributed by atoms with Crippen LogP contribution in [0.25, 0.3) is 0 Å². The summed E-state index contributed by atoms with van der Waals surface area (Å²) in [5.74, 6) is 0.0260. The summed E-state index contributed by atoms with van der Waals surface area (Å²) in [4.78, 5) is 23.5. The van der Waals surface area contributed by atoms with Gasteiger partial charge in [0.1, 0.15) is 0 Å². The van der Waals surface area contributed by atoms with E-state index in [1.54, 1.807) is 4.57 Å². The van der Waals surface area contributed by atoms with Gasteiger partial charge in [-0.1, -0.05) is 11.3 Å². The minimum atomic E-state index is 0. The summed E-state index contributed by atoms with van der Waals surface area (Å²) in [5, 5.41) is 8.24. The molecule has 2 atom stereocenters. The molecule has 0 aliphatic carbocycles. The largest absolute Gasteiger partial charge is 0.352 e. The third-order valence-electron chi connectivity index (χ3n) is 3.65. The van der Waals surface area contributed by atoms with Crippen molar-refractivity contribution in [1.82, 2.24) is 15.2 Å². The Hall–Kier alpha value is -0.850. The Kier molecular flexibility index (Phi) is 6.71. The van der Waals surface area contributed by atoms with Crippen LogP contribution in [-0.4, -0.2) is 29.1 Å². The number of nitrogens with one attached hydrogen (secondary N) is 2. The van der Waals surface area contributed by atoms with E-state index in [1.165, 1.54) is 11.3 Å². The van der Waals surface area contributed by atoms with Gasteiger partial charge in [-0.15, -0.1) is 12.4 Å². The molecule has 0 saturated carbocycles. The van der Waals surface area contributed by atoms with Crippen LogP contribution in [0.4, 0.5) is 0 Å². The summed E-state index contributed by atoms with van der Waals surface area (Å²) in [7, 11) is 0. The van der Waals surface area contributed by atoms with Crippen molar-refractivity contribution < 1.29 is 4.79 Å². The molecule has 114 valence electrons. The minimum absolute atomic E-state index is 0. The average Bonchev–Trinajstić information content (AvgIpc) is 2.70. The molecule has 1 aromatic heterocycles. The van der Waals surface area contributed by atoms with Crippen molar-refractivity contribution in [1.29, 1.82) is 0 Å². The fraction of sp³-hybridized carbons (Fsp3) is 0.692. The third kappa shape index (κ3) is 4.33. The second-order valence-corrected chi connectivity index (χ2v) is 5.92. The number of rotatable bonds is 4. The Balaban J connectivity index is 0.00000200. The Labute approximate surface area is 129 Å². The Morgan fingerprint density at radius 3 is 2.95 bits per heavy atom. The highest BCUT2D eigenvalue weighted by Crippen LogP contribution is 2.08. The first-order valence-electron chi connectivity index (χ1n) is 6.75. The molecule has 7 heteroatoms. The van der Waals surface area contributed by atoms with Crippen LogP contribution in [-0.2, 0) is 11.3 Å². The van der Waals surface area contributed by atoms with Gasteiger partial charge in [0.05, 0.1) is 0 Å². The number of carbonyl (C=O) groups is 1. The van der Waals surface area contributed by atoms with E-state index in [0.29, 0.717) is 19.0 Å². The van der Waals surface area contributed by atoms with Crippen LogP contribution >= 0.6 is 23.7 Å². The van der Waals surface area contributed by atoms with Gasteiger partial charge in [-0.25, -0.2) is 0 Å². The van der Waals surface area contributed by atoms with Crippen molar-refractivity contribution in [2.75, 3.05) is 6.54 Å². The minimum Gasteiger partial charge on any atom is -0.352 e. The van der Waals surface area contributed by atoms with E-state index in [1.807, 2.05) is 12.3 Å². The zero-order valence-corrected chi connectivity index (χ0v) is 13.5. The third-order valence-corrected chi connectivity index (χ3v) is 4.53. The van der Waals surface area contributed by atoms with Gasteiger partial charge in [-0.2, -0.15) is 0 Å². The summed E-state index contributed by atoms with van der Waals surface area (Å²) in [6.45, 7) is 5.48. The molecule has 1 aliphatic heterocycles. The van der Waals surface area contributed by atoms with Crippen LogP contribution in [0, 0.1) is 6.92 Å². The Morgan fingerprint density at radius 1 is 1.60 bits per heavy atom. The molecule has 0 aromatic carbocycles.